The molecule has 0 atom stereocenters. The van der Waals surface area contributed by atoms with Crippen LogP contribution >= 0.6 is 11.6 Å². The molecule has 0 aliphatic rings. The lowest BCUT2D eigenvalue weighted by Gasteiger charge is -2.30. The molecule has 1 aromatic heterocycles. The Balaban J connectivity index is 1.79. The van der Waals surface area contributed by atoms with Crippen molar-refractivity contribution in [2.75, 3.05) is 4.90 Å². The second kappa shape index (κ2) is 9.47. The van der Waals surface area contributed by atoms with Gasteiger partial charge in [-0.2, -0.15) is 13.2 Å². The van der Waals surface area contributed by atoms with Gasteiger partial charge in [0.2, 0.25) is 5.91 Å². The number of carbonyl (C=O) groups excluding carboxylic acids is 1. The van der Waals surface area contributed by atoms with Gasteiger partial charge in [-0.25, -0.2) is 0 Å². The predicted molar refractivity (Wildman–Crippen MR) is 137 cm³/mol. The van der Waals surface area contributed by atoms with Gasteiger partial charge in [0.15, 0.2) is 0 Å². The number of carbonyl (C=O) groups is 1. The summed E-state index contributed by atoms with van der Waals surface area (Å²) < 4.78 is 40.1. The van der Waals surface area contributed by atoms with Crippen LogP contribution in [-0.4, -0.2) is 10.5 Å². The molecular weight excluding hydrogens is 489 g/mol. The molecule has 1 heterocycles. The molecule has 3 aromatic carbocycles. The van der Waals surface area contributed by atoms with Crippen LogP contribution in [0.4, 0.5) is 18.9 Å². The minimum atomic E-state index is -4.46. The summed E-state index contributed by atoms with van der Waals surface area (Å²) >= 11 is 6.01. The van der Waals surface area contributed by atoms with Gasteiger partial charge in [-0.15, -0.1) is 0 Å². The number of hydrogen-bond acceptors (Lipinski definition) is 2. The van der Waals surface area contributed by atoms with Crippen LogP contribution in [0.15, 0.2) is 83.8 Å². The molecule has 0 spiro atoms. The van der Waals surface area contributed by atoms with E-state index in [9.17, 15) is 22.8 Å². The maximum absolute atomic E-state index is 13.4. The number of hydrogen-bond donors (Lipinski definition) is 0. The molecule has 4 aromatic rings. The summed E-state index contributed by atoms with van der Waals surface area (Å²) in [6.07, 6.45) is -2.94. The fraction of sp³-hybridized carbons (Fsp3) is 0.214. The highest BCUT2D eigenvalue weighted by molar-refractivity contribution is 6.30. The molecule has 36 heavy (non-hydrogen) atoms. The van der Waals surface area contributed by atoms with E-state index in [1.807, 2.05) is 32.9 Å². The SMILES string of the molecule is CC(C)(C)C(=O)N(Cc1ccc(Cl)cc1)c1ccc2ccn(-c3ccc(C(F)(F)F)cc3)c(=O)c2c1. The second-order valence-corrected chi connectivity index (χ2v) is 10.0. The standard InChI is InChI=1S/C28H24ClF3N2O2/c1-27(2,3)26(36)34(17-18-4-9-21(29)10-5-18)23-11-6-19-14-15-33(25(35)24(19)16-23)22-12-7-20(8-13-22)28(30,31)32/h4-16H,17H2,1-3H3. The first kappa shape index (κ1) is 25.5. The van der Waals surface area contributed by atoms with E-state index in [0.717, 1.165) is 17.7 Å². The van der Waals surface area contributed by atoms with E-state index >= 15 is 0 Å². The Hall–Kier alpha value is -3.58. The van der Waals surface area contributed by atoms with Gasteiger partial charge < -0.3 is 4.90 Å². The first-order chi connectivity index (χ1) is 16.8. The number of fused-ring (bicyclic) bond motifs is 1. The van der Waals surface area contributed by atoms with Gasteiger partial charge in [-0.1, -0.05) is 50.6 Å². The Kier molecular flexibility index (Phi) is 6.71. The lowest BCUT2D eigenvalue weighted by molar-refractivity contribution is -0.137. The van der Waals surface area contributed by atoms with Crippen molar-refractivity contribution in [1.82, 2.24) is 4.57 Å². The first-order valence-corrected chi connectivity index (χ1v) is 11.6. The van der Waals surface area contributed by atoms with Crippen LogP contribution in [0.2, 0.25) is 5.02 Å². The summed E-state index contributed by atoms with van der Waals surface area (Å²) in [7, 11) is 0. The number of alkyl halides is 3. The summed E-state index contributed by atoms with van der Waals surface area (Å²) in [6.45, 7) is 5.74. The molecule has 0 N–H and O–H groups in total. The third-order valence-corrected chi connectivity index (χ3v) is 6.07. The Morgan fingerprint density at radius 1 is 0.917 bits per heavy atom. The molecule has 8 heteroatoms. The molecule has 0 aliphatic heterocycles. The van der Waals surface area contributed by atoms with E-state index in [4.69, 9.17) is 11.6 Å². The average Bonchev–Trinajstić information content (AvgIpc) is 2.82. The average molecular weight is 513 g/mol. The van der Waals surface area contributed by atoms with Crippen molar-refractivity contribution in [3.05, 3.63) is 105 Å². The Labute approximate surface area is 211 Å². The van der Waals surface area contributed by atoms with Crippen molar-refractivity contribution in [3.8, 4) is 5.69 Å². The van der Waals surface area contributed by atoms with Crippen molar-refractivity contribution in [3.63, 3.8) is 0 Å². The minimum absolute atomic E-state index is 0.129. The summed E-state index contributed by atoms with van der Waals surface area (Å²) in [6, 6.07) is 18.5. The molecular formula is C28H24ClF3N2O2. The van der Waals surface area contributed by atoms with Gasteiger partial charge in [-0.3, -0.25) is 14.2 Å². The van der Waals surface area contributed by atoms with Crippen LogP contribution in [0.3, 0.4) is 0 Å². The number of halogens is 4. The van der Waals surface area contributed by atoms with Crippen LogP contribution in [0.1, 0.15) is 31.9 Å². The quantitative estimate of drug-likeness (QED) is 0.289. The van der Waals surface area contributed by atoms with Gasteiger partial charge in [0.05, 0.1) is 12.1 Å². The summed E-state index contributed by atoms with van der Waals surface area (Å²) in [5.74, 6) is -0.129. The topological polar surface area (TPSA) is 42.3 Å². The van der Waals surface area contributed by atoms with Gasteiger partial charge in [0.1, 0.15) is 0 Å². The van der Waals surface area contributed by atoms with Crippen molar-refractivity contribution in [1.29, 1.82) is 0 Å². The fourth-order valence-corrected chi connectivity index (χ4v) is 3.99. The highest BCUT2D eigenvalue weighted by atomic mass is 35.5. The van der Waals surface area contributed by atoms with E-state index in [-0.39, 0.29) is 12.5 Å². The normalized spacial score (nSPS) is 12.1. The second-order valence-electron chi connectivity index (χ2n) is 9.57. The number of rotatable bonds is 4. The molecule has 0 aliphatic carbocycles. The van der Waals surface area contributed by atoms with Crippen LogP contribution in [0, 0.1) is 5.41 Å². The van der Waals surface area contributed by atoms with Gasteiger partial charge in [0, 0.05) is 33.4 Å². The minimum Gasteiger partial charge on any atom is -0.308 e. The highest BCUT2D eigenvalue weighted by Gasteiger charge is 2.30. The number of anilines is 1. The summed E-state index contributed by atoms with van der Waals surface area (Å²) in [4.78, 5) is 28.4. The number of amides is 1. The van der Waals surface area contributed by atoms with Gasteiger partial charge >= 0.3 is 6.18 Å². The predicted octanol–water partition coefficient (Wildman–Crippen LogP) is 7.24. The first-order valence-electron chi connectivity index (χ1n) is 11.2. The van der Waals surface area contributed by atoms with Crippen LogP contribution < -0.4 is 10.5 Å². The molecule has 0 unspecified atom stereocenters. The van der Waals surface area contributed by atoms with Crippen molar-refractivity contribution in [2.45, 2.75) is 33.5 Å². The third kappa shape index (κ3) is 5.31. The zero-order valence-electron chi connectivity index (χ0n) is 19.9. The van der Waals surface area contributed by atoms with Crippen molar-refractivity contribution in [2.24, 2.45) is 5.41 Å². The lowest BCUT2D eigenvalue weighted by Crippen LogP contribution is -2.39. The molecule has 0 fully saturated rings. The van der Waals surface area contributed by atoms with Crippen LogP contribution in [0.25, 0.3) is 16.5 Å². The molecule has 0 radical (unpaired) electrons. The zero-order chi connectivity index (χ0) is 26.3. The van der Waals surface area contributed by atoms with E-state index in [1.165, 1.54) is 22.9 Å². The van der Waals surface area contributed by atoms with Gasteiger partial charge in [-0.05, 0) is 65.5 Å². The van der Waals surface area contributed by atoms with E-state index in [1.54, 1.807) is 41.3 Å². The zero-order valence-corrected chi connectivity index (χ0v) is 20.7. The Morgan fingerprint density at radius 3 is 2.14 bits per heavy atom. The maximum Gasteiger partial charge on any atom is 0.416 e. The van der Waals surface area contributed by atoms with E-state index in [0.29, 0.717) is 27.2 Å². The fourth-order valence-electron chi connectivity index (χ4n) is 3.87. The van der Waals surface area contributed by atoms with Crippen molar-refractivity contribution < 1.29 is 18.0 Å². The number of benzene rings is 3. The van der Waals surface area contributed by atoms with Gasteiger partial charge in [0.25, 0.3) is 5.56 Å². The Morgan fingerprint density at radius 2 is 1.56 bits per heavy atom. The summed E-state index contributed by atoms with van der Waals surface area (Å²) in [5, 5.41) is 1.58. The highest BCUT2D eigenvalue weighted by Crippen LogP contribution is 2.30. The van der Waals surface area contributed by atoms with Crippen LogP contribution in [0.5, 0.6) is 0 Å². The molecule has 4 nitrogen and oxygen atoms in total. The maximum atomic E-state index is 13.4. The number of aromatic nitrogens is 1. The molecule has 1 amide bonds. The molecule has 4 rings (SSSR count). The van der Waals surface area contributed by atoms with Crippen LogP contribution in [-0.2, 0) is 17.5 Å². The Bertz CT molecular complexity index is 1470. The molecule has 186 valence electrons. The third-order valence-electron chi connectivity index (χ3n) is 5.81. The molecule has 0 saturated heterocycles. The molecule has 0 bridgehead atoms. The largest absolute Gasteiger partial charge is 0.416 e. The number of pyridine rings is 1. The monoisotopic (exact) mass is 512 g/mol. The number of nitrogens with zero attached hydrogens (tertiary/aromatic N) is 2. The van der Waals surface area contributed by atoms with Crippen molar-refractivity contribution >= 4 is 34.0 Å². The summed E-state index contributed by atoms with van der Waals surface area (Å²) in [5.41, 5.74) is -0.154. The smallest absolute Gasteiger partial charge is 0.308 e. The molecule has 0 saturated carbocycles. The van der Waals surface area contributed by atoms with E-state index < -0.39 is 22.7 Å². The lowest BCUT2D eigenvalue weighted by atomic mass is 9.94. The van der Waals surface area contributed by atoms with E-state index in [2.05, 4.69) is 0 Å².